The van der Waals surface area contributed by atoms with Gasteiger partial charge in [-0.2, -0.15) is 0 Å². The van der Waals surface area contributed by atoms with Crippen molar-refractivity contribution in [3.8, 4) is 0 Å². The minimum absolute atomic E-state index is 0.00683. The van der Waals surface area contributed by atoms with Gasteiger partial charge in [0.1, 0.15) is 13.2 Å². The van der Waals surface area contributed by atoms with Crippen LogP contribution in [0.4, 0.5) is 0 Å². The number of nitrogens with one attached hydrogen (secondary N) is 1. The molecule has 6 rings (SSSR count). The highest BCUT2D eigenvalue weighted by molar-refractivity contribution is 7.73. The van der Waals surface area contributed by atoms with E-state index in [1.165, 1.54) is 21.2 Å². The van der Waals surface area contributed by atoms with Crippen LogP contribution in [0.1, 0.15) is 12.8 Å². The Labute approximate surface area is 262 Å². The maximum atomic E-state index is 12.5. The molecule has 1 unspecified atom stereocenters. The number of amides is 1. The third kappa shape index (κ3) is 7.13. The molecule has 0 aliphatic heterocycles. The van der Waals surface area contributed by atoms with E-state index in [1.54, 1.807) is 0 Å². The lowest BCUT2D eigenvalue weighted by Crippen LogP contribution is -2.34. The maximum absolute atomic E-state index is 12.5. The van der Waals surface area contributed by atoms with Gasteiger partial charge in [0.2, 0.25) is 5.91 Å². The zero-order chi connectivity index (χ0) is 30.3. The molecule has 5 nitrogen and oxygen atoms in total. The second-order valence-corrected chi connectivity index (χ2v) is 16.3. The van der Waals surface area contributed by atoms with E-state index >= 15 is 0 Å². The van der Waals surface area contributed by atoms with Crippen LogP contribution in [-0.4, -0.2) is 48.6 Å². The summed E-state index contributed by atoms with van der Waals surface area (Å²) >= 11 is 0. The molecule has 2 aliphatic carbocycles. The Balaban J connectivity index is 1.33. The van der Waals surface area contributed by atoms with Crippen LogP contribution in [0.3, 0.4) is 0 Å². The van der Waals surface area contributed by atoms with Crippen LogP contribution in [0, 0.1) is 23.7 Å². The molecule has 0 spiro atoms. The second-order valence-electron chi connectivity index (χ2n) is 11.7. The smallest absolute Gasteiger partial charge is 0.322 e. The van der Waals surface area contributed by atoms with Gasteiger partial charge in [0.15, 0.2) is 0 Å². The first-order valence-electron chi connectivity index (χ1n) is 15.4. The number of hydrogen-bond donors (Lipinski definition) is 2. The van der Waals surface area contributed by atoms with E-state index < -0.39 is 21.8 Å². The molecule has 2 N–H and O–H groups in total. The van der Waals surface area contributed by atoms with Gasteiger partial charge >= 0.3 is 5.97 Å². The zero-order valence-corrected chi connectivity index (χ0v) is 26.5. The molecule has 44 heavy (non-hydrogen) atoms. The van der Waals surface area contributed by atoms with Gasteiger partial charge < -0.3 is 15.2 Å². The summed E-state index contributed by atoms with van der Waals surface area (Å²) in [7, 11) is -1.16. The third-order valence-electron chi connectivity index (χ3n) is 9.23. The topological polar surface area (TPSA) is 75.6 Å². The SMILES string of the molecule is O=C(O)CNC(=O)COC1[C@H]2CC[C@@H]1[C@H](CP(c1ccccc1)c1ccccc1)[C@H]2CP(c1ccccc1)c1ccccc1. The van der Waals surface area contributed by atoms with Gasteiger partial charge in [-0.05, 0) is 85.9 Å². The largest absolute Gasteiger partial charge is 0.480 e. The number of carboxylic acids is 1. The zero-order valence-electron chi connectivity index (χ0n) is 24.7. The van der Waals surface area contributed by atoms with Gasteiger partial charge in [0, 0.05) is 0 Å². The minimum Gasteiger partial charge on any atom is -0.480 e. The summed E-state index contributed by atoms with van der Waals surface area (Å²) in [4.78, 5) is 23.5. The fraction of sp³-hybridized carbons (Fsp3) is 0.297. The molecule has 4 aromatic rings. The van der Waals surface area contributed by atoms with Crippen molar-refractivity contribution in [1.29, 1.82) is 0 Å². The van der Waals surface area contributed by atoms with Crippen molar-refractivity contribution in [2.75, 3.05) is 25.5 Å². The van der Waals surface area contributed by atoms with Crippen LogP contribution < -0.4 is 26.5 Å². The number of hydrogen-bond acceptors (Lipinski definition) is 3. The molecule has 226 valence electrons. The number of ether oxygens (including phenoxy) is 1. The van der Waals surface area contributed by atoms with Gasteiger partial charge in [0.05, 0.1) is 6.10 Å². The fourth-order valence-corrected chi connectivity index (χ4v) is 12.8. The van der Waals surface area contributed by atoms with Gasteiger partial charge in [-0.15, -0.1) is 0 Å². The van der Waals surface area contributed by atoms with Gasteiger partial charge in [-0.25, -0.2) is 0 Å². The average molecular weight is 624 g/mol. The van der Waals surface area contributed by atoms with Crippen LogP contribution in [0.15, 0.2) is 121 Å². The number of fused-ring (bicyclic) bond motifs is 2. The molecule has 0 saturated heterocycles. The Morgan fingerprint density at radius 3 is 1.34 bits per heavy atom. The van der Waals surface area contributed by atoms with E-state index in [2.05, 4.69) is 127 Å². The van der Waals surface area contributed by atoms with E-state index in [-0.39, 0.29) is 25.2 Å². The molecule has 5 atom stereocenters. The Morgan fingerprint density at radius 2 is 1.00 bits per heavy atom. The molecule has 4 aromatic carbocycles. The molecule has 2 fully saturated rings. The standard InChI is InChI=1S/C37H39NO4P2/c39-35(38-23-36(40)41)24-42-37-31-21-22-32(37)34(26-44(29-17-9-3-10-18-29)30-19-11-4-12-20-30)33(31)25-43(27-13-5-1-6-14-27)28-15-7-2-8-16-28/h1-20,31-34,37H,21-26H2,(H,38,39)(H,40,41)/t31-,32+,33-,34-,37?/m0/s1. The normalized spacial score (nSPS) is 22.4. The van der Waals surface area contributed by atoms with Gasteiger partial charge in [0.25, 0.3) is 0 Å². The van der Waals surface area contributed by atoms with Crippen molar-refractivity contribution in [3.05, 3.63) is 121 Å². The molecule has 0 heterocycles. The molecule has 7 heteroatoms. The van der Waals surface area contributed by atoms with Crippen LogP contribution in [-0.2, 0) is 14.3 Å². The molecule has 0 aromatic heterocycles. The lowest BCUT2D eigenvalue weighted by molar-refractivity contribution is -0.139. The van der Waals surface area contributed by atoms with E-state index in [0.29, 0.717) is 23.7 Å². The van der Waals surface area contributed by atoms with E-state index in [1.807, 2.05) is 0 Å². The summed E-state index contributed by atoms with van der Waals surface area (Å²) in [6.07, 6.45) is 4.40. The first kappa shape index (κ1) is 30.7. The number of carbonyl (C=O) groups excluding carboxylic acids is 1. The van der Waals surface area contributed by atoms with Crippen molar-refractivity contribution in [3.63, 3.8) is 0 Å². The monoisotopic (exact) mass is 623 g/mol. The summed E-state index contributed by atoms with van der Waals surface area (Å²) in [6.45, 7) is -0.482. The Hall–Kier alpha value is -3.36. The summed E-state index contributed by atoms with van der Waals surface area (Å²) in [5.41, 5.74) is 0. The Kier molecular flexibility index (Phi) is 10.2. The predicted molar refractivity (Wildman–Crippen MR) is 181 cm³/mol. The van der Waals surface area contributed by atoms with Crippen LogP contribution in [0.2, 0.25) is 0 Å². The number of carbonyl (C=O) groups is 2. The number of benzene rings is 4. The molecule has 2 aliphatic rings. The van der Waals surface area contributed by atoms with Gasteiger partial charge in [-0.1, -0.05) is 121 Å². The van der Waals surface area contributed by atoms with Crippen molar-refractivity contribution >= 4 is 48.9 Å². The lowest BCUT2D eigenvalue weighted by atomic mass is 9.81. The van der Waals surface area contributed by atoms with Crippen molar-refractivity contribution < 1.29 is 19.4 Å². The van der Waals surface area contributed by atoms with Crippen molar-refractivity contribution in [2.24, 2.45) is 23.7 Å². The number of rotatable bonds is 13. The predicted octanol–water partition coefficient (Wildman–Crippen LogP) is 5.11. The first-order chi connectivity index (χ1) is 21.6. The average Bonchev–Trinajstić information content (AvgIpc) is 3.60. The van der Waals surface area contributed by atoms with E-state index in [9.17, 15) is 9.59 Å². The van der Waals surface area contributed by atoms with Crippen molar-refractivity contribution in [2.45, 2.75) is 18.9 Å². The summed E-state index contributed by atoms with van der Waals surface area (Å²) < 4.78 is 6.44. The fourth-order valence-electron chi connectivity index (χ4n) is 7.34. The maximum Gasteiger partial charge on any atom is 0.322 e. The Bertz CT molecular complexity index is 1330. The van der Waals surface area contributed by atoms with E-state index in [0.717, 1.165) is 25.2 Å². The number of carboxylic acid groups (broad SMARTS) is 1. The lowest BCUT2D eigenvalue weighted by Gasteiger charge is -2.36. The van der Waals surface area contributed by atoms with Crippen LogP contribution in [0.5, 0.6) is 0 Å². The van der Waals surface area contributed by atoms with Crippen LogP contribution >= 0.6 is 15.8 Å². The summed E-state index contributed by atoms with van der Waals surface area (Å²) in [5.74, 6) is 0.258. The first-order valence-corrected chi connectivity index (χ1v) is 18.5. The molecule has 0 radical (unpaired) electrons. The molecule has 2 saturated carbocycles. The van der Waals surface area contributed by atoms with Crippen molar-refractivity contribution in [1.82, 2.24) is 5.32 Å². The van der Waals surface area contributed by atoms with Crippen LogP contribution in [0.25, 0.3) is 0 Å². The Morgan fingerprint density at radius 1 is 0.636 bits per heavy atom. The highest BCUT2D eigenvalue weighted by atomic mass is 31.1. The second kappa shape index (κ2) is 14.6. The molecule has 1 amide bonds. The third-order valence-corrected chi connectivity index (χ3v) is 14.5. The van der Waals surface area contributed by atoms with Gasteiger partial charge in [-0.3, -0.25) is 9.59 Å². The number of aliphatic carboxylic acids is 1. The minimum atomic E-state index is -1.05. The highest BCUT2D eigenvalue weighted by Gasteiger charge is 2.55. The molecular formula is C37H39NO4P2. The molecular weight excluding hydrogens is 584 g/mol. The summed E-state index contributed by atoms with van der Waals surface area (Å²) in [6, 6.07) is 43.8. The van der Waals surface area contributed by atoms with E-state index in [4.69, 9.17) is 9.84 Å². The summed E-state index contributed by atoms with van der Waals surface area (Å²) in [5, 5.41) is 17.1. The highest BCUT2D eigenvalue weighted by Crippen LogP contribution is 2.59. The quantitative estimate of drug-likeness (QED) is 0.203. The molecule has 2 bridgehead atoms.